The molecule has 2 N–H and O–H groups in total. The maximum absolute atomic E-state index is 13.9. The number of likely N-dealkylation sites (N-methyl/N-ethyl adjacent to an activating group) is 1. The maximum atomic E-state index is 13.9. The third-order valence-electron chi connectivity index (χ3n) is 2.31. The van der Waals surface area contributed by atoms with Gasteiger partial charge in [0, 0.05) is 31.4 Å². The molecule has 1 aromatic rings. The molecule has 1 rings (SSSR count). The lowest BCUT2D eigenvalue weighted by molar-refractivity contribution is 0.597. The van der Waals surface area contributed by atoms with Crippen LogP contribution in [0.15, 0.2) is 24.4 Å². The SMILES string of the molecule is C=C(C)CN(CC)c1nccc(CN)c1F. The van der Waals surface area contributed by atoms with Gasteiger partial charge in [0.15, 0.2) is 11.6 Å². The van der Waals surface area contributed by atoms with Crippen LogP contribution in [0.5, 0.6) is 0 Å². The van der Waals surface area contributed by atoms with E-state index in [2.05, 4.69) is 11.6 Å². The molecule has 0 saturated heterocycles. The Kier molecular flexibility index (Phi) is 4.43. The van der Waals surface area contributed by atoms with Gasteiger partial charge in [0.05, 0.1) is 0 Å². The van der Waals surface area contributed by atoms with E-state index in [0.29, 0.717) is 24.5 Å². The smallest absolute Gasteiger partial charge is 0.170 e. The van der Waals surface area contributed by atoms with Crippen molar-refractivity contribution in [3.63, 3.8) is 0 Å². The van der Waals surface area contributed by atoms with E-state index in [1.165, 1.54) is 0 Å². The van der Waals surface area contributed by atoms with Crippen molar-refractivity contribution in [1.82, 2.24) is 4.98 Å². The first-order valence-electron chi connectivity index (χ1n) is 5.32. The summed E-state index contributed by atoms with van der Waals surface area (Å²) in [6.07, 6.45) is 1.59. The fraction of sp³-hybridized carbons (Fsp3) is 0.417. The highest BCUT2D eigenvalue weighted by atomic mass is 19.1. The normalized spacial score (nSPS) is 10.2. The Morgan fingerprint density at radius 3 is 2.81 bits per heavy atom. The molecule has 0 aromatic carbocycles. The number of nitrogens with zero attached hydrogens (tertiary/aromatic N) is 2. The topological polar surface area (TPSA) is 42.2 Å². The molecule has 0 aliphatic heterocycles. The van der Waals surface area contributed by atoms with Crippen molar-refractivity contribution in [2.45, 2.75) is 20.4 Å². The number of halogens is 1. The summed E-state index contributed by atoms with van der Waals surface area (Å²) in [6.45, 7) is 9.17. The summed E-state index contributed by atoms with van der Waals surface area (Å²) >= 11 is 0. The van der Waals surface area contributed by atoms with Gasteiger partial charge in [0.2, 0.25) is 0 Å². The summed E-state index contributed by atoms with van der Waals surface area (Å²) in [5.41, 5.74) is 6.92. The van der Waals surface area contributed by atoms with Crippen LogP contribution in [-0.4, -0.2) is 18.1 Å². The third-order valence-corrected chi connectivity index (χ3v) is 2.31. The van der Waals surface area contributed by atoms with Crippen molar-refractivity contribution in [1.29, 1.82) is 0 Å². The van der Waals surface area contributed by atoms with Crippen molar-refractivity contribution in [2.75, 3.05) is 18.0 Å². The highest BCUT2D eigenvalue weighted by Gasteiger charge is 2.14. The molecule has 0 bridgehead atoms. The molecular weight excluding hydrogens is 205 g/mol. The van der Waals surface area contributed by atoms with Gasteiger partial charge in [-0.2, -0.15) is 0 Å². The van der Waals surface area contributed by atoms with Crippen molar-refractivity contribution in [3.8, 4) is 0 Å². The molecule has 1 heterocycles. The molecule has 16 heavy (non-hydrogen) atoms. The molecule has 0 amide bonds. The third kappa shape index (κ3) is 2.79. The van der Waals surface area contributed by atoms with Gasteiger partial charge >= 0.3 is 0 Å². The Morgan fingerprint density at radius 2 is 2.31 bits per heavy atom. The second kappa shape index (κ2) is 5.61. The zero-order chi connectivity index (χ0) is 12.1. The van der Waals surface area contributed by atoms with Crippen LogP contribution in [-0.2, 0) is 6.54 Å². The lowest BCUT2D eigenvalue weighted by Crippen LogP contribution is -2.27. The van der Waals surface area contributed by atoms with Crippen LogP contribution in [0.4, 0.5) is 10.2 Å². The predicted molar refractivity (Wildman–Crippen MR) is 64.8 cm³/mol. The Balaban J connectivity index is 3.04. The average molecular weight is 223 g/mol. The summed E-state index contributed by atoms with van der Waals surface area (Å²) in [6, 6.07) is 1.60. The molecular formula is C12H18FN3. The van der Waals surface area contributed by atoms with Gasteiger partial charge in [0.25, 0.3) is 0 Å². The van der Waals surface area contributed by atoms with Crippen LogP contribution in [0.3, 0.4) is 0 Å². The zero-order valence-electron chi connectivity index (χ0n) is 9.83. The lowest BCUT2D eigenvalue weighted by Gasteiger charge is -2.23. The van der Waals surface area contributed by atoms with Crippen LogP contribution < -0.4 is 10.6 Å². The van der Waals surface area contributed by atoms with Crippen molar-refractivity contribution in [3.05, 3.63) is 35.8 Å². The van der Waals surface area contributed by atoms with Gasteiger partial charge in [-0.3, -0.25) is 0 Å². The second-order valence-corrected chi connectivity index (χ2v) is 3.78. The molecule has 0 spiro atoms. The number of anilines is 1. The standard InChI is InChI=1S/C12H18FN3/c1-4-16(8-9(2)3)12-11(13)10(7-14)5-6-15-12/h5-6H,2,4,7-8,14H2,1,3H3. The van der Waals surface area contributed by atoms with Gasteiger partial charge in [-0.15, -0.1) is 0 Å². The number of nitrogens with two attached hydrogens (primary N) is 1. The molecule has 0 atom stereocenters. The van der Waals surface area contributed by atoms with Crippen molar-refractivity contribution in [2.24, 2.45) is 5.73 Å². The highest BCUT2D eigenvalue weighted by Crippen LogP contribution is 2.19. The molecule has 0 aliphatic carbocycles. The monoisotopic (exact) mass is 223 g/mol. The van der Waals surface area contributed by atoms with E-state index in [0.717, 1.165) is 5.57 Å². The van der Waals surface area contributed by atoms with E-state index in [1.54, 1.807) is 12.3 Å². The Bertz CT molecular complexity index is 377. The van der Waals surface area contributed by atoms with Crippen LogP contribution in [0.1, 0.15) is 19.4 Å². The van der Waals surface area contributed by atoms with E-state index in [1.807, 2.05) is 18.7 Å². The minimum Gasteiger partial charge on any atom is -0.350 e. The van der Waals surface area contributed by atoms with Crippen LogP contribution >= 0.6 is 0 Å². The first kappa shape index (κ1) is 12.6. The maximum Gasteiger partial charge on any atom is 0.170 e. The van der Waals surface area contributed by atoms with Crippen LogP contribution in [0.25, 0.3) is 0 Å². The number of hydrogen-bond donors (Lipinski definition) is 1. The molecule has 88 valence electrons. The van der Waals surface area contributed by atoms with Crippen LogP contribution in [0, 0.1) is 5.82 Å². The fourth-order valence-corrected chi connectivity index (χ4v) is 1.51. The number of aromatic nitrogens is 1. The first-order chi connectivity index (χ1) is 7.60. The average Bonchev–Trinajstić information content (AvgIpc) is 2.26. The molecule has 0 fully saturated rings. The highest BCUT2D eigenvalue weighted by molar-refractivity contribution is 5.44. The molecule has 0 unspecified atom stereocenters. The van der Waals surface area contributed by atoms with Crippen LogP contribution in [0.2, 0.25) is 0 Å². The summed E-state index contributed by atoms with van der Waals surface area (Å²) in [5, 5.41) is 0. The fourth-order valence-electron chi connectivity index (χ4n) is 1.51. The largest absolute Gasteiger partial charge is 0.350 e. The number of hydrogen-bond acceptors (Lipinski definition) is 3. The minimum atomic E-state index is -0.326. The van der Waals surface area contributed by atoms with E-state index in [-0.39, 0.29) is 12.4 Å². The minimum absolute atomic E-state index is 0.186. The Hall–Kier alpha value is -1.42. The van der Waals surface area contributed by atoms with Gasteiger partial charge in [0.1, 0.15) is 0 Å². The summed E-state index contributed by atoms with van der Waals surface area (Å²) < 4.78 is 13.9. The van der Waals surface area contributed by atoms with E-state index < -0.39 is 0 Å². The Morgan fingerprint density at radius 1 is 1.62 bits per heavy atom. The van der Waals surface area contributed by atoms with Gasteiger partial charge in [-0.1, -0.05) is 12.2 Å². The van der Waals surface area contributed by atoms with E-state index in [4.69, 9.17) is 5.73 Å². The molecule has 3 nitrogen and oxygen atoms in total. The quantitative estimate of drug-likeness (QED) is 0.777. The van der Waals surface area contributed by atoms with Gasteiger partial charge < -0.3 is 10.6 Å². The van der Waals surface area contributed by atoms with E-state index >= 15 is 0 Å². The second-order valence-electron chi connectivity index (χ2n) is 3.78. The first-order valence-corrected chi connectivity index (χ1v) is 5.32. The summed E-state index contributed by atoms with van der Waals surface area (Å²) in [5.74, 6) is 0.0292. The number of pyridine rings is 1. The molecule has 0 aliphatic rings. The van der Waals surface area contributed by atoms with Crippen molar-refractivity contribution >= 4 is 5.82 Å². The summed E-state index contributed by atoms with van der Waals surface area (Å²) in [7, 11) is 0. The molecule has 0 saturated carbocycles. The molecule has 1 aromatic heterocycles. The number of rotatable bonds is 5. The lowest BCUT2D eigenvalue weighted by atomic mass is 10.2. The molecule has 0 radical (unpaired) electrons. The predicted octanol–water partition coefficient (Wildman–Crippen LogP) is 2.08. The zero-order valence-corrected chi connectivity index (χ0v) is 9.83. The van der Waals surface area contributed by atoms with Gasteiger partial charge in [-0.05, 0) is 19.9 Å². The summed E-state index contributed by atoms with van der Waals surface area (Å²) in [4.78, 5) is 5.91. The van der Waals surface area contributed by atoms with Gasteiger partial charge in [-0.25, -0.2) is 9.37 Å². The Labute approximate surface area is 95.8 Å². The van der Waals surface area contributed by atoms with E-state index in [9.17, 15) is 4.39 Å². The van der Waals surface area contributed by atoms with Crippen molar-refractivity contribution < 1.29 is 4.39 Å². The molecule has 4 heteroatoms.